The molecule has 1 aliphatic rings. The number of nitrogens with zero attached hydrogens (tertiary/aromatic N) is 1. The fraction of sp³-hybridized carbons (Fsp3) is 0.533. The number of carbonyl (C=O) groups excluding carboxylic acids is 1. The second-order valence-electron chi connectivity index (χ2n) is 5.09. The van der Waals surface area contributed by atoms with Crippen molar-refractivity contribution < 1.29 is 14.6 Å². The van der Waals surface area contributed by atoms with E-state index in [2.05, 4.69) is 4.90 Å². The Morgan fingerprint density at radius 1 is 1.42 bits per heavy atom. The molecule has 0 aromatic heterocycles. The molecule has 4 heteroatoms. The van der Waals surface area contributed by atoms with Crippen LogP contribution in [-0.2, 0) is 6.54 Å². The Balaban J connectivity index is 2.13. The smallest absolute Gasteiger partial charge is 0.159 e. The zero-order chi connectivity index (χ0) is 13.8. The topological polar surface area (TPSA) is 49.8 Å². The van der Waals surface area contributed by atoms with Gasteiger partial charge in [0.15, 0.2) is 5.78 Å². The molecule has 1 aromatic rings. The van der Waals surface area contributed by atoms with Gasteiger partial charge in [0.05, 0.1) is 13.2 Å². The molecule has 1 aromatic carbocycles. The highest BCUT2D eigenvalue weighted by atomic mass is 16.5. The van der Waals surface area contributed by atoms with Gasteiger partial charge >= 0.3 is 0 Å². The molecule has 1 heterocycles. The van der Waals surface area contributed by atoms with Crippen molar-refractivity contribution in [1.82, 2.24) is 4.90 Å². The van der Waals surface area contributed by atoms with E-state index < -0.39 is 0 Å². The molecule has 0 bridgehead atoms. The molecule has 0 amide bonds. The Labute approximate surface area is 114 Å². The van der Waals surface area contributed by atoms with Crippen LogP contribution < -0.4 is 4.74 Å². The van der Waals surface area contributed by atoms with Crippen LogP contribution in [0.25, 0.3) is 0 Å². The first-order valence-corrected chi connectivity index (χ1v) is 6.68. The number of piperidine rings is 1. The maximum absolute atomic E-state index is 11.4. The van der Waals surface area contributed by atoms with Crippen LogP contribution in [0.2, 0.25) is 0 Å². The van der Waals surface area contributed by atoms with Gasteiger partial charge in [-0.25, -0.2) is 0 Å². The number of aliphatic hydroxyl groups excluding tert-OH is 1. The minimum atomic E-state index is -0.165. The minimum absolute atomic E-state index is 0.0676. The van der Waals surface area contributed by atoms with Crippen molar-refractivity contribution in [3.63, 3.8) is 0 Å². The summed E-state index contributed by atoms with van der Waals surface area (Å²) in [6.07, 6.45) is 1.46. The number of likely N-dealkylation sites (tertiary alicyclic amines) is 1. The predicted octanol–water partition coefficient (Wildman–Crippen LogP) is 1.85. The molecule has 2 rings (SSSR count). The molecular formula is C15H21NO3. The molecule has 104 valence electrons. The Bertz CT molecular complexity index is 451. The molecule has 1 aliphatic heterocycles. The SMILES string of the molecule is COc1ccc(C(C)=O)cc1CN1CCC(O)CC1. The number of rotatable bonds is 4. The van der Waals surface area contributed by atoms with Gasteiger partial charge in [-0.3, -0.25) is 9.69 Å². The Morgan fingerprint density at radius 3 is 2.68 bits per heavy atom. The number of Topliss-reactive ketones (excluding diaryl/α,β-unsaturated/α-hetero) is 1. The van der Waals surface area contributed by atoms with Crippen molar-refractivity contribution in [2.75, 3.05) is 20.2 Å². The van der Waals surface area contributed by atoms with Gasteiger partial charge in [-0.2, -0.15) is 0 Å². The summed E-state index contributed by atoms with van der Waals surface area (Å²) in [5, 5.41) is 9.51. The monoisotopic (exact) mass is 263 g/mol. The lowest BCUT2D eigenvalue weighted by Crippen LogP contribution is -2.35. The van der Waals surface area contributed by atoms with E-state index in [1.807, 2.05) is 12.1 Å². The van der Waals surface area contributed by atoms with Crippen molar-refractivity contribution in [1.29, 1.82) is 0 Å². The van der Waals surface area contributed by atoms with E-state index >= 15 is 0 Å². The average molecular weight is 263 g/mol. The van der Waals surface area contributed by atoms with Crippen LogP contribution in [0.5, 0.6) is 5.75 Å². The van der Waals surface area contributed by atoms with Gasteiger partial charge in [-0.05, 0) is 38.0 Å². The van der Waals surface area contributed by atoms with Crippen molar-refractivity contribution in [2.24, 2.45) is 0 Å². The molecule has 0 spiro atoms. The number of ether oxygens (including phenoxy) is 1. The summed E-state index contributed by atoms with van der Waals surface area (Å²) in [5.41, 5.74) is 1.75. The third kappa shape index (κ3) is 3.55. The first kappa shape index (κ1) is 14.0. The van der Waals surface area contributed by atoms with E-state index in [4.69, 9.17) is 4.74 Å². The van der Waals surface area contributed by atoms with E-state index in [1.54, 1.807) is 20.1 Å². The van der Waals surface area contributed by atoms with Gasteiger partial charge < -0.3 is 9.84 Å². The highest BCUT2D eigenvalue weighted by molar-refractivity contribution is 5.94. The van der Waals surface area contributed by atoms with Crippen molar-refractivity contribution in [3.8, 4) is 5.75 Å². The predicted molar refractivity (Wildman–Crippen MR) is 73.5 cm³/mol. The lowest BCUT2D eigenvalue weighted by Gasteiger charge is -2.29. The summed E-state index contributed by atoms with van der Waals surface area (Å²) >= 11 is 0. The van der Waals surface area contributed by atoms with Gasteiger partial charge in [-0.1, -0.05) is 0 Å². The normalized spacial score (nSPS) is 17.4. The van der Waals surface area contributed by atoms with E-state index in [-0.39, 0.29) is 11.9 Å². The molecular weight excluding hydrogens is 242 g/mol. The number of ketones is 1. The van der Waals surface area contributed by atoms with Gasteiger partial charge in [0.1, 0.15) is 5.75 Å². The summed E-state index contributed by atoms with van der Waals surface area (Å²) in [4.78, 5) is 13.7. The summed E-state index contributed by atoms with van der Waals surface area (Å²) in [7, 11) is 1.65. The van der Waals surface area contributed by atoms with Gasteiger partial charge in [0.25, 0.3) is 0 Å². The molecule has 0 atom stereocenters. The number of methoxy groups -OCH3 is 1. The van der Waals surface area contributed by atoms with Crippen LogP contribution in [0.15, 0.2) is 18.2 Å². The quantitative estimate of drug-likeness (QED) is 0.842. The Morgan fingerprint density at radius 2 is 2.11 bits per heavy atom. The highest BCUT2D eigenvalue weighted by Crippen LogP contribution is 2.23. The molecule has 0 aliphatic carbocycles. The summed E-state index contributed by atoms with van der Waals surface area (Å²) in [5.74, 6) is 0.883. The van der Waals surface area contributed by atoms with Crippen LogP contribution in [0.1, 0.15) is 35.7 Å². The van der Waals surface area contributed by atoms with Crippen molar-refractivity contribution >= 4 is 5.78 Å². The average Bonchev–Trinajstić information content (AvgIpc) is 2.41. The van der Waals surface area contributed by atoms with Crippen LogP contribution in [-0.4, -0.2) is 42.1 Å². The molecule has 1 fully saturated rings. The van der Waals surface area contributed by atoms with Crippen molar-refractivity contribution in [3.05, 3.63) is 29.3 Å². The van der Waals surface area contributed by atoms with Gasteiger partial charge in [0.2, 0.25) is 0 Å². The fourth-order valence-corrected chi connectivity index (χ4v) is 2.44. The third-order valence-electron chi connectivity index (χ3n) is 3.64. The molecule has 1 N–H and O–H groups in total. The first-order chi connectivity index (χ1) is 9.10. The molecule has 1 saturated heterocycles. The van der Waals surface area contributed by atoms with Crippen LogP contribution >= 0.6 is 0 Å². The molecule has 4 nitrogen and oxygen atoms in total. The number of benzene rings is 1. The molecule has 0 unspecified atom stereocenters. The molecule has 0 saturated carbocycles. The van der Waals surface area contributed by atoms with Crippen LogP contribution in [0, 0.1) is 0 Å². The Kier molecular flexibility index (Phi) is 4.56. The highest BCUT2D eigenvalue weighted by Gasteiger charge is 2.18. The third-order valence-corrected chi connectivity index (χ3v) is 3.64. The van der Waals surface area contributed by atoms with Gasteiger partial charge in [0, 0.05) is 30.8 Å². The largest absolute Gasteiger partial charge is 0.496 e. The van der Waals surface area contributed by atoms with E-state index in [0.717, 1.165) is 43.8 Å². The second kappa shape index (κ2) is 6.17. The van der Waals surface area contributed by atoms with E-state index in [9.17, 15) is 9.90 Å². The number of hydrogen-bond acceptors (Lipinski definition) is 4. The second-order valence-corrected chi connectivity index (χ2v) is 5.09. The number of aliphatic hydroxyl groups is 1. The van der Waals surface area contributed by atoms with Crippen molar-refractivity contribution in [2.45, 2.75) is 32.4 Å². The minimum Gasteiger partial charge on any atom is -0.496 e. The van der Waals surface area contributed by atoms with Crippen LogP contribution in [0.3, 0.4) is 0 Å². The van der Waals surface area contributed by atoms with Crippen LogP contribution in [0.4, 0.5) is 0 Å². The zero-order valence-electron chi connectivity index (χ0n) is 11.6. The zero-order valence-corrected chi connectivity index (χ0v) is 11.6. The summed E-state index contributed by atoms with van der Waals surface area (Å²) < 4.78 is 5.36. The number of carbonyl (C=O) groups is 1. The summed E-state index contributed by atoms with van der Waals surface area (Å²) in [6, 6.07) is 5.56. The molecule has 19 heavy (non-hydrogen) atoms. The lowest BCUT2D eigenvalue weighted by atomic mass is 10.0. The standard InChI is InChI=1S/C15H21NO3/c1-11(17)12-3-4-15(19-2)13(9-12)10-16-7-5-14(18)6-8-16/h3-4,9,14,18H,5-8,10H2,1-2H3. The van der Waals surface area contributed by atoms with E-state index in [0.29, 0.717) is 5.56 Å². The maximum Gasteiger partial charge on any atom is 0.159 e. The first-order valence-electron chi connectivity index (χ1n) is 6.68. The molecule has 0 radical (unpaired) electrons. The van der Waals surface area contributed by atoms with E-state index in [1.165, 1.54) is 0 Å². The lowest BCUT2D eigenvalue weighted by molar-refractivity contribution is 0.0789. The fourth-order valence-electron chi connectivity index (χ4n) is 2.44. The van der Waals surface area contributed by atoms with Gasteiger partial charge in [-0.15, -0.1) is 0 Å². The Hall–Kier alpha value is -1.39. The number of hydrogen-bond donors (Lipinski definition) is 1. The maximum atomic E-state index is 11.4. The summed E-state index contributed by atoms with van der Waals surface area (Å²) in [6.45, 7) is 4.10.